The number of nitrogens with zero attached hydrogens (tertiary/aromatic N) is 1. The number of nitrogens with one attached hydrogen (secondary N) is 1. The number of pyridine rings is 1. The van der Waals surface area contributed by atoms with E-state index < -0.39 is 0 Å². The summed E-state index contributed by atoms with van der Waals surface area (Å²) < 4.78 is 10.4. The second-order valence-electron chi connectivity index (χ2n) is 5.70. The lowest BCUT2D eigenvalue weighted by Crippen LogP contribution is -2.20. The van der Waals surface area contributed by atoms with E-state index in [9.17, 15) is 4.79 Å². The van der Waals surface area contributed by atoms with Gasteiger partial charge in [0, 0.05) is 18.3 Å². The number of carbonyl (C=O) groups excluding carboxylic acids is 1. The number of halogens is 1. The van der Waals surface area contributed by atoms with E-state index >= 15 is 0 Å². The highest BCUT2D eigenvalue weighted by Crippen LogP contribution is 2.33. The molecule has 26 heavy (non-hydrogen) atoms. The Balaban J connectivity index is 0.000000160. The molecule has 0 radical (unpaired) electrons. The molecule has 1 aromatic heterocycles. The van der Waals surface area contributed by atoms with Crippen molar-refractivity contribution < 1.29 is 14.3 Å². The Morgan fingerprint density at radius 1 is 1.27 bits per heavy atom. The molecular formula is C19H18ClN3O3. The predicted molar refractivity (Wildman–Crippen MR) is 99.7 cm³/mol. The molecule has 0 unspecified atom stereocenters. The Hall–Kier alpha value is -2.67. The maximum absolute atomic E-state index is 11.1. The van der Waals surface area contributed by atoms with E-state index in [-0.39, 0.29) is 12.6 Å². The molecule has 0 spiro atoms. The number of nitrogens with two attached hydrogens (primary N) is 1. The van der Waals surface area contributed by atoms with Crippen molar-refractivity contribution in [1.29, 1.82) is 0 Å². The number of carbonyl (C=O) groups is 1. The largest absolute Gasteiger partial charge is 0.454 e. The molecule has 0 atom stereocenters. The summed E-state index contributed by atoms with van der Waals surface area (Å²) in [6, 6.07) is 7.47. The Bertz CT molecular complexity index is 894. The summed E-state index contributed by atoms with van der Waals surface area (Å²) in [7, 11) is 0. The second-order valence-corrected chi connectivity index (χ2v) is 6.11. The number of ether oxygens (including phenoxy) is 2. The standard InChI is InChI=1S/C12H8O3.C7H10ClN3/c13-10-3-2-9(10)5-8-1-4-11-12(6-8)15-7-14-11;1-5-7(8)2-6(3-10-5)4-11-9/h1-6H,7H2;2-3,11H,4,9H2,1H3. The molecular weight excluding hydrogens is 354 g/mol. The monoisotopic (exact) mass is 371 g/mol. The van der Waals surface area contributed by atoms with Crippen molar-refractivity contribution in [2.75, 3.05) is 6.79 Å². The van der Waals surface area contributed by atoms with Crippen LogP contribution in [0.2, 0.25) is 5.02 Å². The zero-order chi connectivity index (χ0) is 18.5. The van der Waals surface area contributed by atoms with Gasteiger partial charge < -0.3 is 9.47 Å². The molecule has 6 nitrogen and oxygen atoms in total. The van der Waals surface area contributed by atoms with E-state index in [0.717, 1.165) is 33.9 Å². The lowest BCUT2D eigenvalue weighted by molar-refractivity contribution is -0.111. The van der Waals surface area contributed by atoms with Crippen molar-refractivity contribution in [1.82, 2.24) is 10.4 Å². The van der Waals surface area contributed by atoms with Gasteiger partial charge in [-0.05, 0) is 54.5 Å². The molecule has 0 fully saturated rings. The first-order valence-electron chi connectivity index (χ1n) is 7.95. The molecule has 2 aromatic rings. The number of hydrazine groups is 1. The average Bonchev–Trinajstić information content (AvgIpc) is 3.10. The van der Waals surface area contributed by atoms with E-state index in [1.807, 2.05) is 37.3 Å². The van der Waals surface area contributed by atoms with Crippen LogP contribution in [0.3, 0.4) is 0 Å². The molecule has 134 valence electrons. The molecule has 3 N–H and O–H groups in total. The van der Waals surface area contributed by atoms with Crippen LogP contribution in [0.15, 0.2) is 48.2 Å². The van der Waals surface area contributed by atoms with Crippen LogP contribution in [0.1, 0.15) is 16.8 Å². The van der Waals surface area contributed by atoms with Crippen LogP contribution in [0.4, 0.5) is 0 Å². The number of fused-ring (bicyclic) bond motifs is 1. The van der Waals surface area contributed by atoms with Gasteiger partial charge in [0.05, 0.1) is 10.7 Å². The van der Waals surface area contributed by atoms with Crippen LogP contribution < -0.4 is 20.7 Å². The first kappa shape index (κ1) is 18.1. The van der Waals surface area contributed by atoms with Crippen molar-refractivity contribution in [3.05, 3.63) is 70.0 Å². The van der Waals surface area contributed by atoms with Gasteiger partial charge in [-0.15, -0.1) is 0 Å². The van der Waals surface area contributed by atoms with E-state index in [1.54, 1.807) is 18.3 Å². The van der Waals surface area contributed by atoms with Crippen molar-refractivity contribution >= 4 is 23.5 Å². The van der Waals surface area contributed by atoms with Crippen LogP contribution in [-0.2, 0) is 11.3 Å². The number of rotatable bonds is 3. The van der Waals surface area contributed by atoms with E-state index in [4.69, 9.17) is 26.9 Å². The van der Waals surface area contributed by atoms with E-state index in [2.05, 4.69) is 10.4 Å². The van der Waals surface area contributed by atoms with Gasteiger partial charge in [-0.25, -0.2) is 0 Å². The van der Waals surface area contributed by atoms with Crippen LogP contribution in [0, 0.1) is 6.92 Å². The highest BCUT2D eigenvalue weighted by atomic mass is 35.5. The molecule has 2 aliphatic rings. The van der Waals surface area contributed by atoms with Gasteiger partial charge in [-0.3, -0.25) is 21.0 Å². The predicted octanol–water partition coefficient (Wildman–Crippen LogP) is 2.94. The SMILES string of the molecule is Cc1ncc(CNN)cc1Cl.O=C1C=CC1=Cc1ccc2c(c1)OCO2. The maximum atomic E-state index is 11.1. The molecule has 0 saturated carbocycles. The number of aromatic nitrogens is 1. The number of benzene rings is 1. The molecule has 2 heterocycles. The summed E-state index contributed by atoms with van der Waals surface area (Å²) in [6.07, 6.45) is 6.94. The van der Waals surface area contributed by atoms with E-state index in [1.165, 1.54) is 0 Å². The summed E-state index contributed by atoms with van der Waals surface area (Å²) in [5.74, 6) is 6.70. The summed E-state index contributed by atoms with van der Waals surface area (Å²) in [5, 5.41) is 0.678. The van der Waals surface area contributed by atoms with Gasteiger partial charge in [0.1, 0.15) is 0 Å². The molecule has 7 heteroatoms. The first-order valence-corrected chi connectivity index (χ1v) is 8.33. The quantitative estimate of drug-likeness (QED) is 0.490. The highest BCUT2D eigenvalue weighted by Gasteiger charge is 2.15. The fourth-order valence-corrected chi connectivity index (χ4v) is 2.50. The Kier molecular flexibility index (Phi) is 5.68. The Morgan fingerprint density at radius 2 is 2.08 bits per heavy atom. The van der Waals surface area contributed by atoms with Gasteiger partial charge >= 0.3 is 0 Å². The highest BCUT2D eigenvalue weighted by molar-refractivity contribution is 6.31. The number of aryl methyl sites for hydroxylation is 1. The third kappa shape index (κ3) is 4.29. The summed E-state index contributed by atoms with van der Waals surface area (Å²) in [4.78, 5) is 15.1. The topological polar surface area (TPSA) is 86.5 Å². The van der Waals surface area contributed by atoms with Crippen LogP contribution >= 0.6 is 11.6 Å². The van der Waals surface area contributed by atoms with Crippen molar-refractivity contribution in [3.8, 4) is 11.5 Å². The number of allylic oxidation sites excluding steroid dienone is 3. The lowest BCUT2D eigenvalue weighted by Gasteiger charge is -2.05. The van der Waals surface area contributed by atoms with E-state index in [0.29, 0.717) is 11.6 Å². The number of hydrogen-bond donors (Lipinski definition) is 2. The molecule has 0 saturated heterocycles. The summed E-state index contributed by atoms with van der Waals surface area (Å²) in [6.45, 7) is 2.73. The maximum Gasteiger partial charge on any atom is 0.231 e. The van der Waals surface area contributed by atoms with Crippen molar-refractivity contribution in [3.63, 3.8) is 0 Å². The third-order valence-electron chi connectivity index (χ3n) is 3.81. The van der Waals surface area contributed by atoms with Gasteiger partial charge in [0.15, 0.2) is 17.3 Å². The minimum absolute atomic E-state index is 0.0765. The third-order valence-corrected chi connectivity index (χ3v) is 4.19. The molecule has 1 aliphatic heterocycles. The van der Waals surface area contributed by atoms with Crippen LogP contribution in [0.25, 0.3) is 6.08 Å². The minimum Gasteiger partial charge on any atom is -0.454 e. The zero-order valence-corrected chi connectivity index (χ0v) is 14.9. The van der Waals surface area contributed by atoms with Gasteiger partial charge in [0.2, 0.25) is 6.79 Å². The van der Waals surface area contributed by atoms with Crippen molar-refractivity contribution in [2.24, 2.45) is 5.84 Å². The molecule has 1 aliphatic carbocycles. The van der Waals surface area contributed by atoms with Gasteiger partial charge in [-0.1, -0.05) is 17.7 Å². The smallest absolute Gasteiger partial charge is 0.231 e. The molecule has 1 aromatic carbocycles. The molecule has 0 amide bonds. The minimum atomic E-state index is 0.0765. The van der Waals surface area contributed by atoms with Gasteiger partial charge in [-0.2, -0.15) is 0 Å². The summed E-state index contributed by atoms with van der Waals surface area (Å²) in [5.41, 5.74) is 6.04. The van der Waals surface area contributed by atoms with Crippen LogP contribution in [0.5, 0.6) is 11.5 Å². The average molecular weight is 372 g/mol. The normalized spacial score (nSPS) is 15.5. The Morgan fingerprint density at radius 3 is 2.73 bits per heavy atom. The fraction of sp³-hybridized carbons (Fsp3) is 0.158. The molecule has 0 bridgehead atoms. The Labute approximate surface area is 156 Å². The first-order chi connectivity index (χ1) is 12.6. The molecule has 4 rings (SSSR count). The number of hydrogen-bond acceptors (Lipinski definition) is 6. The second kappa shape index (κ2) is 8.14. The zero-order valence-electron chi connectivity index (χ0n) is 14.2. The van der Waals surface area contributed by atoms with Gasteiger partial charge in [0.25, 0.3) is 0 Å². The summed E-state index contributed by atoms with van der Waals surface area (Å²) >= 11 is 5.82. The lowest BCUT2D eigenvalue weighted by atomic mass is 9.98. The van der Waals surface area contributed by atoms with Crippen molar-refractivity contribution in [2.45, 2.75) is 13.5 Å². The fourth-order valence-electron chi connectivity index (χ4n) is 2.31. The number of ketones is 1. The van der Waals surface area contributed by atoms with Crippen LogP contribution in [-0.4, -0.2) is 17.6 Å².